The van der Waals surface area contributed by atoms with Gasteiger partial charge in [0, 0.05) is 23.4 Å². The largest absolute Gasteiger partial charge is 0.383 e. The topological polar surface area (TPSA) is 44.9 Å². The van der Waals surface area contributed by atoms with Gasteiger partial charge in [0.2, 0.25) is 0 Å². The average molecular weight is 304 g/mol. The number of aromatic amines is 1. The monoisotopic (exact) mass is 304 g/mol. The standard InChI is InChI=1S/C20H20N2O/c1-3-21-19-17(20(23)16-12-8-5-9-13-16)14(2)22-18(19)15-10-6-4-7-11-15/h4-13,21-22H,3H2,1-2H3. The molecular formula is C20H20N2O. The maximum Gasteiger partial charge on any atom is 0.196 e. The first-order valence-electron chi connectivity index (χ1n) is 7.84. The van der Waals surface area contributed by atoms with E-state index in [2.05, 4.69) is 10.3 Å². The van der Waals surface area contributed by atoms with Crippen molar-refractivity contribution in [2.75, 3.05) is 11.9 Å². The summed E-state index contributed by atoms with van der Waals surface area (Å²) in [5, 5.41) is 3.36. The smallest absolute Gasteiger partial charge is 0.196 e. The minimum absolute atomic E-state index is 0.0393. The Bertz CT molecular complexity index is 804. The highest BCUT2D eigenvalue weighted by Crippen LogP contribution is 2.34. The van der Waals surface area contributed by atoms with Crippen LogP contribution in [0.15, 0.2) is 60.7 Å². The second-order valence-corrected chi connectivity index (χ2v) is 5.47. The van der Waals surface area contributed by atoms with Gasteiger partial charge < -0.3 is 10.3 Å². The predicted molar refractivity (Wildman–Crippen MR) is 95.0 cm³/mol. The number of rotatable bonds is 5. The van der Waals surface area contributed by atoms with Crippen molar-refractivity contribution >= 4 is 11.5 Å². The van der Waals surface area contributed by atoms with Crippen LogP contribution in [0.2, 0.25) is 0 Å². The van der Waals surface area contributed by atoms with Crippen molar-refractivity contribution in [2.45, 2.75) is 13.8 Å². The summed E-state index contributed by atoms with van der Waals surface area (Å²) in [6, 6.07) is 19.5. The van der Waals surface area contributed by atoms with Gasteiger partial charge in [0.05, 0.1) is 16.9 Å². The van der Waals surface area contributed by atoms with Gasteiger partial charge in [0.25, 0.3) is 0 Å². The molecule has 0 amide bonds. The lowest BCUT2D eigenvalue weighted by Gasteiger charge is -2.09. The Hall–Kier alpha value is -2.81. The molecule has 3 rings (SSSR count). The van der Waals surface area contributed by atoms with E-state index in [1.807, 2.05) is 74.5 Å². The van der Waals surface area contributed by atoms with E-state index in [1.165, 1.54) is 0 Å². The lowest BCUT2D eigenvalue weighted by molar-refractivity contribution is 0.103. The van der Waals surface area contributed by atoms with Crippen LogP contribution in [0.5, 0.6) is 0 Å². The van der Waals surface area contributed by atoms with Gasteiger partial charge in [-0.25, -0.2) is 0 Å². The van der Waals surface area contributed by atoms with E-state index in [1.54, 1.807) is 0 Å². The summed E-state index contributed by atoms with van der Waals surface area (Å²) in [6.07, 6.45) is 0. The molecule has 2 aromatic carbocycles. The zero-order valence-corrected chi connectivity index (χ0v) is 13.4. The summed E-state index contributed by atoms with van der Waals surface area (Å²) in [5.74, 6) is 0.0393. The number of hydrogen-bond acceptors (Lipinski definition) is 2. The normalized spacial score (nSPS) is 10.5. The van der Waals surface area contributed by atoms with Gasteiger partial charge in [-0.3, -0.25) is 4.79 Å². The summed E-state index contributed by atoms with van der Waals surface area (Å²) in [6.45, 7) is 4.74. The van der Waals surface area contributed by atoms with Crippen LogP contribution in [-0.2, 0) is 0 Å². The number of nitrogens with one attached hydrogen (secondary N) is 2. The molecule has 0 unspecified atom stereocenters. The fourth-order valence-corrected chi connectivity index (χ4v) is 2.82. The summed E-state index contributed by atoms with van der Waals surface area (Å²) >= 11 is 0. The number of hydrogen-bond donors (Lipinski definition) is 2. The maximum atomic E-state index is 12.9. The molecule has 2 N–H and O–H groups in total. The Morgan fingerprint density at radius 1 is 1.00 bits per heavy atom. The lowest BCUT2D eigenvalue weighted by Crippen LogP contribution is -2.07. The van der Waals surface area contributed by atoms with Crippen molar-refractivity contribution in [3.05, 3.63) is 77.5 Å². The lowest BCUT2D eigenvalue weighted by atomic mass is 10.0. The van der Waals surface area contributed by atoms with Crippen LogP contribution in [0.25, 0.3) is 11.3 Å². The molecule has 23 heavy (non-hydrogen) atoms. The minimum atomic E-state index is 0.0393. The van der Waals surface area contributed by atoms with Crippen LogP contribution in [0.3, 0.4) is 0 Å². The zero-order chi connectivity index (χ0) is 16.2. The molecule has 1 heterocycles. The third-order valence-corrected chi connectivity index (χ3v) is 3.87. The number of carbonyl (C=O) groups excluding carboxylic acids is 1. The van der Waals surface area contributed by atoms with Crippen molar-refractivity contribution < 1.29 is 4.79 Å². The number of ketones is 1. The summed E-state index contributed by atoms with van der Waals surface area (Å²) in [7, 11) is 0. The van der Waals surface area contributed by atoms with Gasteiger partial charge in [-0.1, -0.05) is 60.7 Å². The Morgan fingerprint density at radius 2 is 1.61 bits per heavy atom. The minimum Gasteiger partial charge on any atom is -0.383 e. The first-order valence-corrected chi connectivity index (χ1v) is 7.84. The number of H-pyrrole nitrogens is 1. The van der Waals surface area contributed by atoms with Gasteiger partial charge in [0.1, 0.15) is 0 Å². The fourth-order valence-electron chi connectivity index (χ4n) is 2.82. The van der Waals surface area contributed by atoms with Crippen LogP contribution in [0, 0.1) is 6.92 Å². The van der Waals surface area contributed by atoms with Crippen LogP contribution in [0.4, 0.5) is 5.69 Å². The molecule has 3 heteroatoms. The van der Waals surface area contributed by atoms with Crippen LogP contribution in [-0.4, -0.2) is 17.3 Å². The number of aryl methyl sites for hydroxylation is 1. The van der Waals surface area contributed by atoms with Crippen molar-refractivity contribution in [1.82, 2.24) is 4.98 Å². The number of aromatic nitrogens is 1. The Kier molecular flexibility index (Phi) is 4.29. The average Bonchev–Trinajstić information content (AvgIpc) is 2.92. The second-order valence-electron chi connectivity index (χ2n) is 5.47. The van der Waals surface area contributed by atoms with Crippen LogP contribution in [0.1, 0.15) is 28.5 Å². The van der Waals surface area contributed by atoms with Gasteiger partial charge in [-0.15, -0.1) is 0 Å². The van der Waals surface area contributed by atoms with E-state index in [0.29, 0.717) is 5.56 Å². The van der Waals surface area contributed by atoms with E-state index in [9.17, 15) is 4.79 Å². The van der Waals surface area contributed by atoms with E-state index >= 15 is 0 Å². The molecule has 3 nitrogen and oxygen atoms in total. The molecule has 0 spiro atoms. The first kappa shape index (κ1) is 15.1. The molecule has 0 saturated heterocycles. The Balaban J connectivity index is 2.14. The van der Waals surface area contributed by atoms with Crippen molar-refractivity contribution in [3.63, 3.8) is 0 Å². The predicted octanol–water partition coefficient (Wildman–Crippen LogP) is 4.65. The quantitative estimate of drug-likeness (QED) is 0.674. The molecule has 0 saturated carbocycles. The van der Waals surface area contributed by atoms with E-state index < -0.39 is 0 Å². The SMILES string of the molecule is CCNc1c(-c2ccccc2)[nH]c(C)c1C(=O)c1ccccc1. The van der Waals surface area contributed by atoms with Crippen LogP contribution < -0.4 is 5.32 Å². The zero-order valence-electron chi connectivity index (χ0n) is 13.4. The molecule has 0 aliphatic heterocycles. The van der Waals surface area contributed by atoms with Gasteiger partial charge >= 0.3 is 0 Å². The maximum absolute atomic E-state index is 12.9. The molecule has 3 aromatic rings. The molecule has 0 atom stereocenters. The molecule has 1 aromatic heterocycles. The Labute approximate surface area is 136 Å². The molecule has 0 bridgehead atoms. The highest BCUT2D eigenvalue weighted by molar-refractivity contribution is 6.15. The highest BCUT2D eigenvalue weighted by atomic mass is 16.1. The van der Waals surface area contributed by atoms with Gasteiger partial charge in [-0.2, -0.15) is 0 Å². The third-order valence-electron chi connectivity index (χ3n) is 3.87. The summed E-state index contributed by atoms with van der Waals surface area (Å²) < 4.78 is 0. The molecule has 0 aliphatic carbocycles. The summed E-state index contributed by atoms with van der Waals surface area (Å²) in [4.78, 5) is 16.3. The van der Waals surface area contributed by atoms with E-state index in [-0.39, 0.29) is 5.78 Å². The number of carbonyl (C=O) groups is 1. The van der Waals surface area contributed by atoms with E-state index in [0.717, 1.165) is 34.7 Å². The number of benzene rings is 2. The van der Waals surface area contributed by atoms with E-state index in [4.69, 9.17) is 0 Å². The molecular weight excluding hydrogens is 284 g/mol. The highest BCUT2D eigenvalue weighted by Gasteiger charge is 2.22. The second kappa shape index (κ2) is 6.53. The van der Waals surface area contributed by atoms with Crippen molar-refractivity contribution in [3.8, 4) is 11.3 Å². The van der Waals surface area contributed by atoms with Crippen molar-refractivity contribution in [2.24, 2.45) is 0 Å². The van der Waals surface area contributed by atoms with Crippen molar-refractivity contribution in [1.29, 1.82) is 0 Å². The summed E-state index contributed by atoms with van der Waals surface area (Å²) in [5.41, 5.74) is 5.21. The number of anilines is 1. The molecule has 0 fully saturated rings. The molecule has 116 valence electrons. The first-order chi connectivity index (χ1) is 11.2. The van der Waals surface area contributed by atoms with Gasteiger partial charge in [-0.05, 0) is 13.8 Å². The molecule has 0 radical (unpaired) electrons. The Morgan fingerprint density at radius 3 is 2.22 bits per heavy atom. The fraction of sp³-hybridized carbons (Fsp3) is 0.150. The van der Waals surface area contributed by atoms with Crippen LogP contribution >= 0.6 is 0 Å². The van der Waals surface area contributed by atoms with Gasteiger partial charge in [0.15, 0.2) is 5.78 Å². The molecule has 0 aliphatic rings. The third kappa shape index (κ3) is 2.90.